The smallest absolute Gasteiger partial charge is 0.198 e. The van der Waals surface area contributed by atoms with Gasteiger partial charge in [0.15, 0.2) is 11.5 Å². The normalized spacial score (nSPS) is 16.5. The van der Waals surface area contributed by atoms with Crippen LogP contribution in [0.25, 0.3) is 11.0 Å². The van der Waals surface area contributed by atoms with Crippen molar-refractivity contribution in [2.75, 3.05) is 0 Å². The predicted octanol–water partition coefficient (Wildman–Crippen LogP) is 4.50. The summed E-state index contributed by atoms with van der Waals surface area (Å²) >= 11 is 0. The number of benzene rings is 1. The molecule has 0 atom stereocenters. The van der Waals surface area contributed by atoms with Gasteiger partial charge in [0, 0.05) is 11.8 Å². The molecule has 2 aromatic rings. The minimum absolute atomic E-state index is 0.164. The van der Waals surface area contributed by atoms with Crippen LogP contribution in [0.15, 0.2) is 28.7 Å². The molecule has 0 unspecified atom stereocenters. The van der Waals surface area contributed by atoms with Crippen LogP contribution in [0.5, 0.6) is 0 Å². The molecule has 94 valence electrons. The zero-order valence-corrected chi connectivity index (χ0v) is 10.7. The standard InChI is InChI=1S/C16H18O2/c1-11-5-4-8-13-10-15(18-16(11)13)14(17)9-12-6-2-3-7-12/h4-5,8,10,12H,2-3,6-7,9H2,1H3. The van der Waals surface area contributed by atoms with E-state index in [9.17, 15) is 4.79 Å². The predicted molar refractivity (Wildman–Crippen MR) is 71.9 cm³/mol. The minimum atomic E-state index is 0.164. The van der Waals surface area contributed by atoms with Crippen LogP contribution < -0.4 is 0 Å². The molecule has 1 saturated carbocycles. The lowest BCUT2D eigenvalue weighted by atomic mass is 10.00. The zero-order valence-electron chi connectivity index (χ0n) is 10.7. The maximum Gasteiger partial charge on any atom is 0.198 e. The first-order valence-electron chi connectivity index (χ1n) is 6.76. The van der Waals surface area contributed by atoms with Crippen molar-refractivity contribution >= 4 is 16.8 Å². The molecule has 1 aromatic heterocycles. The first kappa shape index (κ1) is 11.5. The highest BCUT2D eigenvalue weighted by Crippen LogP contribution is 2.30. The molecule has 0 radical (unpaired) electrons. The summed E-state index contributed by atoms with van der Waals surface area (Å²) in [5.41, 5.74) is 1.94. The van der Waals surface area contributed by atoms with Crippen LogP contribution in [0.4, 0.5) is 0 Å². The number of ketones is 1. The number of hydrogen-bond acceptors (Lipinski definition) is 2. The number of hydrogen-bond donors (Lipinski definition) is 0. The molecule has 18 heavy (non-hydrogen) atoms. The first-order chi connectivity index (χ1) is 8.74. The van der Waals surface area contributed by atoms with Gasteiger partial charge in [0.25, 0.3) is 0 Å². The summed E-state index contributed by atoms with van der Waals surface area (Å²) in [6, 6.07) is 7.90. The Labute approximate surface area is 107 Å². The average Bonchev–Trinajstić information content (AvgIpc) is 2.97. The summed E-state index contributed by atoms with van der Waals surface area (Å²) in [4.78, 5) is 12.2. The molecule has 0 bridgehead atoms. The number of carbonyl (C=O) groups is 1. The molecule has 2 nitrogen and oxygen atoms in total. The molecule has 3 rings (SSSR count). The zero-order chi connectivity index (χ0) is 12.5. The topological polar surface area (TPSA) is 30.2 Å². The molecular weight excluding hydrogens is 224 g/mol. The van der Waals surface area contributed by atoms with Gasteiger partial charge in [-0.15, -0.1) is 0 Å². The van der Waals surface area contributed by atoms with Gasteiger partial charge in [0.1, 0.15) is 5.58 Å². The van der Waals surface area contributed by atoms with Gasteiger partial charge in [0.2, 0.25) is 0 Å². The fourth-order valence-electron chi connectivity index (χ4n) is 2.92. The average molecular weight is 242 g/mol. The van der Waals surface area contributed by atoms with E-state index in [-0.39, 0.29) is 5.78 Å². The fourth-order valence-corrected chi connectivity index (χ4v) is 2.92. The molecule has 0 amide bonds. The highest BCUT2D eigenvalue weighted by atomic mass is 16.3. The highest BCUT2D eigenvalue weighted by molar-refractivity contribution is 5.98. The van der Waals surface area contributed by atoms with Gasteiger partial charge in [-0.25, -0.2) is 0 Å². The molecule has 2 heteroatoms. The maximum absolute atomic E-state index is 12.2. The summed E-state index contributed by atoms with van der Waals surface area (Å²) < 4.78 is 5.72. The summed E-state index contributed by atoms with van der Waals surface area (Å²) in [6.45, 7) is 2.01. The monoisotopic (exact) mass is 242 g/mol. The van der Waals surface area contributed by atoms with Gasteiger partial charge in [-0.1, -0.05) is 43.9 Å². The maximum atomic E-state index is 12.2. The molecule has 0 spiro atoms. The molecular formula is C16H18O2. The number of para-hydroxylation sites is 1. The van der Waals surface area contributed by atoms with Crippen molar-refractivity contribution in [1.82, 2.24) is 0 Å². The number of furan rings is 1. The van der Waals surface area contributed by atoms with Crippen LogP contribution in [-0.4, -0.2) is 5.78 Å². The van der Waals surface area contributed by atoms with Crippen LogP contribution in [0.2, 0.25) is 0 Å². The van der Waals surface area contributed by atoms with Crippen molar-refractivity contribution in [3.63, 3.8) is 0 Å². The minimum Gasteiger partial charge on any atom is -0.453 e. The Hall–Kier alpha value is -1.57. The number of rotatable bonds is 3. The quantitative estimate of drug-likeness (QED) is 0.741. The molecule has 1 aliphatic rings. The summed E-state index contributed by atoms with van der Waals surface area (Å²) in [7, 11) is 0. The SMILES string of the molecule is Cc1cccc2cc(C(=O)CC3CCCC3)oc12. The Morgan fingerprint density at radius 3 is 2.83 bits per heavy atom. The Kier molecular flexibility index (Phi) is 2.94. The third-order valence-electron chi connectivity index (χ3n) is 3.96. The van der Waals surface area contributed by atoms with E-state index in [0.29, 0.717) is 18.1 Å². The van der Waals surface area contributed by atoms with Gasteiger partial charge in [-0.2, -0.15) is 0 Å². The second-order valence-corrected chi connectivity index (χ2v) is 5.38. The highest BCUT2D eigenvalue weighted by Gasteiger charge is 2.21. The molecule has 0 N–H and O–H groups in total. The van der Waals surface area contributed by atoms with Gasteiger partial charge in [-0.3, -0.25) is 4.79 Å². The third-order valence-corrected chi connectivity index (χ3v) is 3.96. The number of fused-ring (bicyclic) bond motifs is 1. The molecule has 1 aromatic carbocycles. The summed E-state index contributed by atoms with van der Waals surface area (Å²) in [6.07, 6.45) is 5.60. The van der Waals surface area contributed by atoms with E-state index >= 15 is 0 Å². The Morgan fingerprint density at radius 2 is 2.11 bits per heavy atom. The third kappa shape index (κ3) is 2.07. The van der Waals surface area contributed by atoms with Crippen LogP contribution in [-0.2, 0) is 0 Å². The van der Waals surface area contributed by atoms with Crippen molar-refractivity contribution in [1.29, 1.82) is 0 Å². The second-order valence-electron chi connectivity index (χ2n) is 5.38. The van der Waals surface area contributed by atoms with Crippen molar-refractivity contribution in [3.8, 4) is 0 Å². The van der Waals surface area contributed by atoms with E-state index in [0.717, 1.165) is 16.5 Å². The van der Waals surface area contributed by atoms with Crippen molar-refractivity contribution in [2.45, 2.75) is 39.0 Å². The molecule has 1 heterocycles. The molecule has 1 aliphatic carbocycles. The number of aryl methyl sites for hydroxylation is 1. The van der Waals surface area contributed by atoms with E-state index < -0.39 is 0 Å². The summed E-state index contributed by atoms with van der Waals surface area (Å²) in [5, 5.41) is 1.03. The Bertz CT molecular complexity index is 574. The van der Waals surface area contributed by atoms with E-state index in [1.807, 2.05) is 31.2 Å². The second kappa shape index (κ2) is 4.60. The van der Waals surface area contributed by atoms with E-state index in [1.54, 1.807) is 0 Å². The van der Waals surface area contributed by atoms with Crippen molar-refractivity contribution in [2.24, 2.45) is 5.92 Å². The molecule has 0 saturated heterocycles. The van der Waals surface area contributed by atoms with Crippen molar-refractivity contribution < 1.29 is 9.21 Å². The van der Waals surface area contributed by atoms with Crippen LogP contribution >= 0.6 is 0 Å². The Balaban J connectivity index is 1.85. The molecule has 0 aliphatic heterocycles. The van der Waals surface area contributed by atoms with E-state index in [1.165, 1.54) is 25.7 Å². The number of carbonyl (C=O) groups excluding carboxylic acids is 1. The summed E-state index contributed by atoms with van der Waals surface area (Å²) in [5.74, 6) is 1.27. The number of Topliss-reactive ketones (excluding diaryl/α,β-unsaturated/α-hetero) is 1. The lowest BCUT2D eigenvalue weighted by Gasteiger charge is -2.05. The van der Waals surface area contributed by atoms with Crippen LogP contribution in [0, 0.1) is 12.8 Å². The largest absolute Gasteiger partial charge is 0.453 e. The van der Waals surface area contributed by atoms with Gasteiger partial charge in [-0.05, 0) is 24.5 Å². The molecule has 1 fully saturated rings. The van der Waals surface area contributed by atoms with Gasteiger partial charge < -0.3 is 4.42 Å². The van der Waals surface area contributed by atoms with Gasteiger partial charge >= 0.3 is 0 Å². The lowest BCUT2D eigenvalue weighted by Crippen LogP contribution is -2.04. The van der Waals surface area contributed by atoms with Crippen LogP contribution in [0.1, 0.15) is 48.2 Å². The Morgan fingerprint density at radius 1 is 1.33 bits per heavy atom. The van der Waals surface area contributed by atoms with E-state index in [2.05, 4.69) is 0 Å². The van der Waals surface area contributed by atoms with Gasteiger partial charge in [0.05, 0.1) is 0 Å². The first-order valence-corrected chi connectivity index (χ1v) is 6.76. The van der Waals surface area contributed by atoms with Crippen LogP contribution in [0.3, 0.4) is 0 Å². The fraction of sp³-hybridized carbons (Fsp3) is 0.438. The van der Waals surface area contributed by atoms with Crippen molar-refractivity contribution in [3.05, 3.63) is 35.6 Å². The van der Waals surface area contributed by atoms with E-state index in [4.69, 9.17) is 4.42 Å². The lowest BCUT2D eigenvalue weighted by molar-refractivity contribution is 0.0937.